The molecule has 3 aromatic rings. The van der Waals surface area contributed by atoms with Crippen molar-refractivity contribution in [3.8, 4) is 0 Å². The average Bonchev–Trinajstić information content (AvgIpc) is 2.75. The van der Waals surface area contributed by atoms with Gasteiger partial charge in [0, 0.05) is 12.2 Å². The molecular formula is C22H21N3O3. The summed E-state index contributed by atoms with van der Waals surface area (Å²) >= 11 is 0. The summed E-state index contributed by atoms with van der Waals surface area (Å²) in [6, 6.07) is 20.2. The zero-order valence-electron chi connectivity index (χ0n) is 15.8. The molecule has 1 N–H and O–H groups in total. The number of benzene rings is 2. The van der Waals surface area contributed by atoms with Crippen LogP contribution in [-0.4, -0.2) is 30.5 Å². The number of hydrogen-bond acceptors (Lipinski definition) is 5. The Bertz CT molecular complexity index is 956. The van der Waals surface area contributed by atoms with Gasteiger partial charge in [0.1, 0.15) is 5.69 Å². The first-order valence-corrected chi connectivity index (χ1v) is 8.91. The van der Waals surface area contributed by atoms with Crippen molar-refractivity contribution in [2.45, 2.75) is 6.92 Å². The van der Waals surface area contributed by atoms with Crippen LogP contribution in [0.1, 0.15) is 27.8 Å². The predicted octanol–water partition coefficient (Wildman–Crippen LogP) is 4.28. The van der Waals surface area contributed by atoms with Gasteiger partial charge < -0.3 is 15.0 Å². The number of esters is 1. The van der Waals surface area contributed by atoms with Gasteiger partial charge in [-0.1, -0.05) is 30.3 Å². The number of hydrogen-bond donors (Lipinski definition) is 1. The van der Waals surface area contributed by atoms with Crippen LogP contribution >= 0.6 is 0 Å². The van der Waals surface area contributed by atoms with Gasteiger partial charge in [-0.3, -0.25) is 4.79 Å². The molecule has 1 amide bonds. The summed E-state index contributed by atoms with van der Waals surface area (Å²) in [5, 5.41) is 2.72. The number of carbonyl (C=O) groups excluding carboxylic acids is 2. The Balaban J connectivity index is 1.79. The maximum absolute atomic E-state index is 12.6. The van der Waals surface area contributed by atoms with Gasteiger partial charge in [0.15, 0.2) is 0 Å². The second kappa shape index (κ2) is 8.81. The van der Waals surface area contributed by atoms with Crippen LogP contribution in [-0.2, 0) is 4.74 Å². The molecule has 3 rings (SSSR count). The number of nitrogens with one attached hydrogen (secondary N) is 1. The van der Waals surface area contributed by atoms with Crippen LogP contribution in [0, 0.1) is 0 Å². The fraction of sp³-hybridized carbons (Fsp3) is 0.136. The molecule has 2 aromatic carbocycles. The Hall–Kier alpha value is -3.67. The predicted molar refractivity (Wildman–Crippen MR) is 109 cm³/mol. The van der Waals surface area contributed by atoms with Crippen LogP contribution in [0.5, 0.6) is 0 Å². The molecule has 0 bridgehead atoms. The van der Waals surface area contributed by atoms with E-state index < -0.39 is 11.9 Å². The van der Waals surface area contributed by atoms with E-state index in [1.54, 1.807) is 36.5 Å². The summed E-state index contributed by atoms with van der Waals surface area (Å²) in [4.78, 5) is 30.8. The van der Waals surface area contributed by atoms with Crippen molar-refractivity contribution in [3.05, 3.63) is 84.2 Å². The fourth-order valence-corrected chi connectivity index (χ4v) is 2.87. The third-order valence-electron chi connectivity index (χ3n) is 4.26. The summed E-state index contributed by atoms with van der Waals surface area (Å²) in [5.74, 6) is -0.911. The molecule has 6 nitrogen and oxygen atoms in total. The van der Waals surface area contributed by atoms with Gasteiger partial charge in [0.25, 0.3) is 5.91 Å². The third-order valence-corrected chi connectivity index (χ3v) is 4.26. The normalized spacial score (nSPS) is 10.2. The van der Waals surface area contributed by atoms with Gasteiger partial charge >= 0.3 is 5.97 Å². The standard InChI is InChI=1S/C22H21N3O3/c1-3-25(16-9-5-4-6-10-16)17-13-14-20(23-15-17)21(26)24-19-12-8-7-11-18(19)22(27)28-2/h4-15H,3H2,1-2H3,(H,24,26). The first-order chi connectivity index (χ1) is 13.6. The number of methoxy groups -OCH3 is 1. The van der Waals surface area contributed by atoms with Crippen LogP contribution in [0.15, 0.2) is 72.9 Å². The first-order valence-electron chi connectivity index (χ1n) is 8.91. The smallest absolute Gasteiger partial charge is 0.339 e. The highest BCUT2D eigenvalue weighted by atomic mass is 16.5. The molecule has 0 saturated heterocycles. The molecule has 142 valence electrons. The van der Waals surface area contributed by atoms with Crippen molar-refractivity contribution < 1.29 is 14.3 Å². The van der Waals surface area contributed by atoms with Gasteiger partial charge in [-0.25, -0.2) is 9.78 Å². The van der Waals surface area contributed by atoms with Crippen molar-refractivity contribution >= 4 is 28.9 Å². The Morgan fingerprint density at radius 2 is 1.68 bits per heavy atom. The summed E-state index contributed by atoms with van der Waals surface area (Å²) in [6.07, 6.45) is 1.66. The number of pyridine rings is 1. The lowest BCUT2D eigenvalue weighted by Crippen LogP contribution is -2.18. The monoisotopic (exact) mass is 375 g/mol. The summed E-state index contributed by atoms with van der Waals surface area (Å²) in [5.41, 5.74) is 2.87. The van der Waals surface area contributed by atoms with Crippen LogP contribution in [0.3, 0.4) is 0 Å². The summed E-state index contributed by atoms with van der Waals surface area (Å²) < 4.78 is 4.75. The minimum Gasteiger partial charge on any atom is -0.465 e. The highest BCUT2D eigenvalue weighted by Gasteiger charge is 2.15. The van der Waals surface area contributed by atoms with E-state index in [4.69, 9.17) is 4.74 Å². The SMILES string of the molecule is CCN(c1ccccc1)c1ccc(C(=O)Nc2ccccc2C(=O)OC)nc1. The fourth-order valence-electron chi connectivity index (χ4n) is 2.87. The van der Waals surface area contributed by atoms with Gasteiger partial charge in [-0.2, -0.15) is 0 Å². The molecule has 6 heteroatoms. The molecule has 1 aromatic heterocycles. The van der Waals surface area contributed by atoms with Crippen molar-refractivity contribution in [2.75, 3.05) is 23.9 Å². The third kappa shape index (κ3) is 4.17. The van der Waals surface area contributed by atoms with E-state index >= 15 is 0 Å². The van der Waals surface area contributed by atoms with E-state index in [1.807, 2.05) is 36.4 Å². The van der Waals surface area contributed by atoms with E-state index in [2.05, 4.69) is 22.1 Å². The number of nitrogens with zero attached hydrogens (tertiary/aromatic N) is 2. The largest absolute Gasteiger partial charge is 0.465 e. The molecule has 0 aliphatic heterocycles. The highest BCUT2D eigenvalue weighted by Crippen LogP contribution is 2.24. The number of para-hydroxylation sites is 2. The number of ether oxygens (including phenoxy) is 1. The van der Waals surface area contributed by atoms with E-state index in [-0.39, 0.29) is 11.3 Å². The Morgan fingerprint density at radius 1 is 0.964 bits per heavy atom. The summed E-state index contributed by atoms with van der Waals surface area (Å²) in [7, 11) is 1.30. The Kier molecular flexibility index (Phi) is 6.01. The van der Waals surface area contributed by atoms with Crippen LogP contribution in [0.2, 0.25) is 0 Å². The highest BCUT2D eigenvalue weighted by molar-refractivity contribution is 6.07. The second-order valence-electron chi connectivity index (χ2n) is 5.97. The summed E-state index contributed by atoms with van der Waals surface area (Å²) in [6.45, 7) is 2.82. The molecule has 0 saturated carbocycles. The van der Waals surface area contributed by atoms with Crippen molar-refractivity contribution in [1.29, 1.82) is 0 Å². The average molecular weight is 375 g/mol. The minimum absolute atomic E-state index is 0.257. The van der Waals surface area contributed by atoms with E-state index in [0.29, 0.717) is 5.69 Å². The lowest BCUT2D eigenvalue weighted by atomic mass is 10.1. The maximum Gasteiger partial charge on any atom is 0.339 e. The van der Waals surface area contributed by atoms with Crippen LogP contribution < -0.4 is 10.2 Å². The number of carbonyl (C=O) groups is 2. The number of anilines is 3. The minimum atomic E-state index is -0.513. The molecule has 0 aliphatic rings. The van der Waals surface area contributed by atoms with Crippen LogP contribution in [0.25, 0.3) is 0 Å². The van der Waals surface area contributed by atoms with Gasteiger partial charge in [-0.05, 0) is 43.3 Å². The Labute approximate surface area is 163 Å². The quantitative estimate of drug-likeness (QED) is 0.651. The van der Waals surface area contributed by atoms with Crippen LogP contribution in [0.4, 0.5) is 17.1 Å². The number of rotatable bonds is 6. The molecule has 0 unspecified atom stereocenters. The van der Waals surface area contributed by atoms with Gasteiger partial charge in [0.2, 0.25) is 0 Å². The van der Waals surface area contributed by atoms with E-state index in [1.165, 1.54) is 7.11 Å². The molecule has 0 spiro atoms. The van der Waals surface area contributed by atoms with Crippen molar-refractivity contribution in [3.63, 3.8) is 0 Å². The van der Waals surface area contributed by atoms with E-state index in [0.717, 1.165) is 17.9 Å². The molecule has 0 aliphatic carbocycles. The van der Waals surface area contributed by atoms with Crippen molar-refractivity contribution in [1.82, 2.24) is 4.98 Å². The van der Waals surface area contributed by atoms with E-state index in [9.17, 15) is 9.59 Å². The Morgan fingerprint density at radius 3 is 2.32 bits per heavy atom. The van der Waals surface area contributed by atoms with Gasteiger partial charge in [-0.15, -0.1) is 0 Å². The van der Waals surface area contributed by atoms with Crippen molar-refractivity contribution in [2.24, 2.45) is 0 Å². The zero-order chi connectivity index (χ0) is 19.9. The second-order valence-corrected chi connectivity index (χ2v) is 5.97. The lowest BCUT2D eigenvalue weighted by Gasteiger charge is -2.23. The maximum atomic E-state index is 12.6. The molecule has 0 radical (unpaired) electrons. The molecule has 0 fully saturated rings. The lowest BCUT2D eigenvalue weighted by molar-refractivity contribution is 0.0602. The number of aromatic nitrogens is 1. The molecule has 0 atom stereocenters. The first kappa shape index (κ1) is 19.1. The zero-order valence-corrected chi connectivity index (χ0v) is 15.8. The van der Waals surface area contributed by atoms with Gasteiger partial charge in [0.05, 0.1) is 30.2 Å². The molecule has 1 heterocycles. The molecule has 28 heavy (non-hydrogen) atoms. The number of amides is 1. The topological polar surface area (TPSA) is 71.5 Å². The molecular weight excluding hydrogens is 354 g/mol.